The number of hydrogen-bond acceptors (Lipinski definition) is 7. The monoisotopic (exact) mass is 428 g/mol. The van der Waals surface area contributed by atoms with Crippen LogP contribution in [0.1, 0.15) is 25.7 Å². The number of ether oxygens (including phenoxy) is 1. The highest BCUT2D eigenvalue weighted by atomic mass is 19.4. The predicted molar refractivity (Wildman–Crippen MR) is 104 cm³/mol. The third-order valence-corrected chi connectivity index (χ3v) is 5.75. The largest absolute Gasteiger partial charge is 0.573 e. The Labute approximate surface area is 172 Å². The van der Waals surface area contributed by atoms with Gasteiger partial charge >= 0.3 is 6.36 Å². The summed E-state index contributed by atoms with van der Waals surface area (Å²) in [5, 5.41) is 10.3. The van der Waals surface area contributed by atoms with Crippen molar-refractivity contribution in [2.24, 2.45) is 5.92 Å². The number of carbonyl (C=O) groups is 1. The van der Waals surface area contributed by atoms with Crippen LogP contribution in [0.3, 0.4) is 0 Å². The van der Waals surface area contributed by atoms with Crippen LogP contribution in [0.4, 0.5) is 18.9 Å². The highest BCUT2D eigenvalue weighted by molar-refractivity contribution is 5.81. The average molecular weight is 428 g/mol. The smallest absolute Gasteiger partial charge is 0.406 e. The molecule has 0 bridgehead atoms. The quantitative estimate of drug-likeness (QED) is 0.494. The van der Waals surface area contributed by atoms with Crippen LogP contribution in [0.2, 0.25) is 0 Å². The van der Waals surface area contributed by atoms with Gasteiger partial charge in [-0.2, -0.15) is 0 Å². The molecule has 1 amide bonds. The van der Waals surface area contributed by atoms with Crippen LogP contribution in [0.25, 0.3) is 0 Å². The maximum Gasteiger partial charge on any atom is 0.573 e. The minimum absolute atomic E-state index is 0.0846. The first-order valence-electron chi connectivity index (χ1n) is 10.3. The SMILES string of the molecule is O=C1NNCC2NC(N3CCCCCC3)NC(Nc3ccc(OC(F)(F)F)cc3)C12. The standard InChI is InChI=1S/C19H27F3N6O2/c20-19(21,22)30-13-7-5-12(6-8-13)24-16-15-14(11-23-27-17(15)29)25-18(26-16)28-9-3-1-2-4-10-28/h5-8,14-16,18,23-26H,1-4,9-11H2,(H,27,29). The van der Waals surface area contributed by atoms with Gasteiger partial charge in [0.25, 0.3) is 0 Å². The lowest BCUT2D eigenvalue weighted by atomic mass is 9.91. The Morgan fingerprint density at radius 3 is 2.40 bits per heavy atom. The number of amides is 1. The summed E-state index contributed by atoms with van der Waals surface area (Å²) in [6.07, 6.45) is -0.521. The molecule has 1 aromatic rings. The number of alkyl halides is 3. The van der Waals surface area contributed by atoms with Gasteiger partial charge in [0.2, 0.25) is 5.91 Å². The molecule has 5 N–H and O–H groups in total. The van der Waals surface area contributed by atoms with Gasteiger partial charge in [0.1, 0.15) is 12.0 Å². The van der Waals surface area contributed by atoms with Crippen LogP contribution >= 0.6 is 0 Å². The molecule has 0 aromatic heterocycles. The Kier molecular flexibility index (Phi) is 6.32. The summed E-state index contributed by atoms with van der Waals surface area (Å²) in [5.41, 5.74) is 6.19. The summed E-state index contributed by atoms with van der Waals surface area (Å²) in [4.78, 5) is 14.9. The van der Waals surface area contributed by atoms with Gasteiger partial charge in [-0.3, -0.25) is 25.8 Å². The third-order valence-electron chi connectivity index (χ3n) is 5.75. The van der Waals surface area contributed by atoms with Crippen molar-refractivity contribution in [3.63, 3.8) is 0 Å². The van der Waals surface area contributed by atoms with Crippen LogP contribution in [0.15, 0.2) is 24.3 Å². The number of halogens is 3. The molecule has 30 heavy (non-hydrogen) atoms. The van der Waals surface area contributed by atoms with E-state index in [1.807, 2.05) is 0 Å². The second-order valence-corrected chi connectivity index (χ2v) is 7.88. The molecular weight excluding hydrogens is 401 g/mol. The van der Waals surface area contributed by atoms with Crippen LogP contribution in [0.5, 0.6) is 5.75 Å². The van der Waals surface area contributed by atoms with Crippen LogP contribution in [-0.4, -0.2) is 55.3 Å². The number of nitrogens with one attached hydrogen (secondary N) is 5. The number of hydrazine groups is 1. The molecule has 0 saturated carbocycles. The van der Waals surface area contributed by atoms with Crippen molar-refractivity contribution >= 4 is 11.6 Å². The van der Waals surface area contributed by atoms with Crippen molar-refractivity contribution in [2.75, 3.05) is 25.0 Å². The van der Waals surface area contributed by atoms with Gasteiger partial charge in [-0.05, 0) is 37.1 Å². The first-order chi connectivity index (χ1) is 14.4. The zero-order chi connectivity index (χ0) is 21.1. The van der Waals surface area contributed by atoms with E-state index in [-0.39, 0.29) is 36.1 Å². The molecule has 3 heterocycles. The molecule has 3 saturated heterocycles. The highest BCUT2D eigenvalue weighted by Crippen LogP contribution is 2.26. The van der Waals surface area contributed by atoms with E-state index in [1.165, 1.54) is 37.1 Å². The number of hydrogen-bond donors (Lipinski definition) is 5. The molecule has 11 heteroatoms. The van der Waals surface area contributed by atoms with Gasteiger partial charge in [0, 0.05) is 31.4 Å². The average Bonchev–Trinajstić information content (AvgIpc) is 2.98. The molecule has 3 aliphatic rings. The van der Waals surface area contributed by atoms with Crippen LogP contribution < -0.4 is 31.5 Å². The van der Waals surface area contributed by atoms with Crippen molar-refractivity contribution in [1.29, 1.82) is 0 Å². The molecule has 8 nitrogen and oxygen atoms in total. The molecule has 4 atom stereocenters. The molecule has 166 valence electrons. The summed E-state index contributed by atoms with van der Waals surface area (Å²) < 4.78 is 41.1. The van der Waals surface area contributed by atoms with Gasteiger partial charge < -0.3 is 10.1 Å². The lowest BCUT2D eigenvalue weighted by Gasteiger charge is -2.48. The Morgan fingerprint density at radius 1 is 1.03 bits per heavy atom. The Morgan fingerprint density at radius 2 is 1.73 bits per heavy atom. The van der Waals surface area contributed by atoms with E-state index in [1.54, 1.807) is 0 Å². The van der Waals surface area contributed by atoms with E-state index in [4.69, 9.17) is 0 Å². The Balaban J connectivity index is 1.48. The topological polar surface area (TPSA) is 89.7 Å². The lowest BCUT2D eigenvalue weighted by molar-refractivity contribution is -0.274. The van der Waals surface area contributed by atoms with Crippen molar-refractivity contribution in [1.82, 2.24) is 26.4 Å². The lowest BCUT2D eigenvalue weighted by Crippen LogP contribution is -2.76. The van der Waals surface area contributed by atoms with Gasteiger partial charge in [0.05, 0.1) is 12.1 Å². The summed E-state index contributed by atoms with van der Waals surface area (Å²) in [5.74, 6) is -0.818. The van der Waals surface area contributed by atoms with Crippen LogP contribution in [0, 0.1) is 5.92 Å². The van der Waals surface area contributed by atoms with Gasteiger partial charge in [-0.1, -0.05) is 12.8 Å². The summed E-state index contributed by atoms with van der Waals surface area (Å²) in [6, 6.07) is 5.45. The van der Waals surface area contributed by atoms with Crippen LogP contribution in [-0.2, 0) is 4.79 Å². The van der Waals surface area contributed by atoms with Gasteiger partial charge in [0.15, 0.2) is 0 Å². The van der Waals surface area contributed by atoms with E-state index >= 15 is 0 Å². The Hall–Kier alpha value is -2.08. The number of carbonyl (C=O) groups excluding carboxylic acids is 1. The van der Waals surface area contributed by atoms with Gasteiger partial charge in [-0.15, -0.1) is 13.2 Å². The first-order valence-corrected chi connectivity index (χ1v) is 10.3. The minimum atomic E-state index is -4.73. The molecule has 4 unspecified atom stereocenters. The molecule has 3 fully saturated rings. The number of benzene rings is 1. The molecule has 0 spiro atoms. The maximum absolute atomic E-state index is 12.5. The molecular formula is C19H27F3N6O2. The molecule has 4 rings (SSSR count). The van der Waals surface area contributed by atoms with Crippen molar-refractivity contribution < 1.29 is 22.7 Å². The minimum Gasteiger partial charge on any atom is -0.406 e. The van der Waals surface area contributed by atoms with Crippen molar-refractivity contribution in [3.05, 3.63) is 24.3 Å². The van der Waals surface area contributed by atoms with E-state index in [2.05, 4.69) is 36.4 Å². The predicted octanol–water partition coefficient (Wildman–Crippen LogP) is 1.29. The highest BCUT2D eigenvalue weighted by Gasteiger charge is 2.45. The summed E-state index contributed by atoms with van der Waals surface area (Å²) in [7, 11) is 0. The van der Waals surface area contributed by atoms with Gasteiger partial charge in [-0.25, -0.2) is 5.43 Å². The van der Waals surface area contributed by atoms with Crippen molar-refractivity contribution in [2.45, 2.75) is 50.5 Å². The summed E-state index contributed by atoms with van der Waals surface area (Å²) >= 11 is 0. The number of likely N-dealkylation sites (tertiary alicyclic amines) is 1. The molecule has 1 aromatic carbocycles. The fourth-order valence-electron chi connectivity index (χ4n) is 4.34. The van der Waals surface area contributed by atoms with E-state index in [0.29, 0.717) is 12.2 Å². The van der Waals surface area contributed by atoms with Crippen molar-refractivity contribution in [3.8, 4) is 5.75 Å². The molecule has 3 aliphatic heterocycles. The van der Waals surface area contributed by atoms with E-state index in [9.17, 15) is 18.0 Å². The zero-order valence-electron chi connectivity index (χ0n) is 16.5. The maximum atomic E-state index is 12.5. The first kappa shape index (κ1) is 21.2. The summed E-state index contributed by atoms with van der Waals surface area (Å²) in [6.45, 7) is 2.52. The van der Waals surface area contributed by atoms with E-state index < -0.39 is 6.36 Å². The number of nitrogens with zero attached hydrogens (tertiary/aromatic N) is 1. The number of anilines is 1. The fourth-order valence-corrected chi connectivity index (χ4v) is 4.34. The third kappa shape index (κ3) is 5.15. The fraction of sp³-hybridized carbons (Fsp3) is 0.632. The Bertz CT molecular complexity index is 724. The molecule has 0 radical (unpaired) electrons. The second-order valence-electron chi connectivity index (χ2n) is 7.88. The number of fused-ring (bicyclic) bond motifs is 1. The molecule has 0 aliphatic carbocycles. The normalized spacial score (nSPS) is 30.7. The number of rotatable bonds is 4. The second kappa shape index (κ2) is 8.96. The zero-order valence-corrected chi connectivity index (χ0v) is 16.5. The van der Waals surface area contributed by atoms with E-state index in [0.717, 1.165) is 25.9 Å².